The van der Waals surface area contributed by atoms with E-state index in [1.807, 2.05) is 0 Å². The maximum absolute atomic E-state index is 6.56. The summed E-state index contributed by atoms with van der Waals surface area (Å²) in [5, 5.41) is 0. The molecule has 4 nitrogen and oxygen atoms in total. The lowest BCUT2D eigenvalue weighted by Gasteiger charge is -2.47. The van der Waals surface area contributed by atoms with Crippen molar-refractivity contribution in [3.63, 3.8) is 0 Å². The van der Waals surface area contributed by atoms with Gasteiger partial charge in [0.2, 0.25) is 0 Å². The summed E-state index contributed by atoms with van der Waals surface area (Å²) in [4.78, 5) is 5.66. The average molecular weight is 677 g/mol. The first-order chi connectivity index (χ1) is 22.7. The van der Waals surface area contributed by atoms with Crippen LogP contribution in [-0.4, -0.2) is 70.5 Å². The zero-order chi connectivity index (χ0) is 35.5. The van der Waals surface area contributed by atoms with Crippen LogP contribution in [0.15, 0.2) is 0 Å². The summed E-state index contributed by atoms with van der Waals surface area (Å²) in [6, 6.07) is 0. The Balaban J connectivity index is 1.59. The summed E-state index contributed by atoms with van der Waals surface area (Å²) >= 11 is 0. The van der Waals surface area contributed by atoms with E-state index in [1.54, 1.807) is 0 Å². The standard InChI is InChI=1S/C44H88N2O2/c1-11-13-15-17-21-25-33-45-41(3,4)31-29-39(37-43(45,7)8)47-35-27-23-19-20-24-28-36-48-40-30-32-42(5,6)46(44(9,10)38-40)34-26-22-18-16-14-12-2/h39-40H,11-38H2,1-10H3. The van der Waals surface area contributed by atoms with Crippen molar-refractivity contribution in [1.29, 1.82) is 0 Å². The molecule has 2 aliphatic rings. The molecule has 0 aromatic rings. The Kier molecular flexibility index (Phi) is 20.8. The van der Waals surface area contributed by atoms with Gasteiger partial charge in [0.15, 0.2) is 0 Å². The highest BCUT2D eigenvalue weighted by Crippen LogP contribution is 2.39. The Morgan fingerprint density at radius 1 is 0.417 bits per heavy atom. The molecule has 2 aliphatic heterocycles. The molecule has 0 radical (unpaired) electrons. The Morgan fingerprint density at radius 3 is 1.08 bits per heavy atom. The first kappa shape index (κ1) is 44.0. The largest absolute Gasteiger partial charge is 0.378 e. The summed E-state index contributed by atoms with van der Waals surface area (Å²) in [5.41, 5.74) is 0.911. The van der Waals surface area contributed by atoms with Crippen LogP contribution >= 0.6 is 0 Å². The molecule has 4 heteroatoms. The molecule has 0 aromatic heterocycles. The molecule has 0 spiro atoms. The molecule has 0 aliphatic carbocycles. The first-order valence-electron chi connectivity index (χ1n) is 21.5. The van der Waals surface area contributed by atoms with E-state index in [-0.39, 0.29) is 22.2 Å². The Hall–Kier alpha value is -0.160. The predicted octanol–water partition coefficient (Wildman–Crippen LogP) is 12.9. The lowest BCUT2D eigenvalue weighted by Crippen LogP contribution is -2.55. The predicted molar refractivity (Wildman–Crippen MR) is 211 cm³/mol. The van der Waals surface area contributed by atoms with Crippen molar-refractivity contribution < 1.29 is 9.47 Å². The summed E-state index contributed by atoms with van der Waals surface area (Å²) in [6.07, 6.45) is 32.2. The van der Waals surface area contributed by atoms with Crippen molar-refractivity contribution in [1.82, 2.24) is 9.80 Å². The molecule has 0 saturated carbocycles. The smallest absolute Gasteiger partial charge is 0.0593 e. The van der Waals surface area contributed by atoms with Crippen LogP contribution in [0.1, 0.15) is 223 Å². The van der Waals surface area contributed by atoms with Crippen molar-refractivity contribution in [3.8, 4) is 0 Å². The van der Waals surface area contributed by atoms with Gasteiger partial charge >= 0.3 is 0 Å². The van der Waals surface area contributed by atoms with Crippen molar-refractivity contribution in [2.45, 2.75) is 258 Å². The van der Waals surface area contributed by atoms with Gasteiger partial charge in [0.05, 0.1) is 12.2 Å². The summed E-state index contributed by atoms with van der Waals surface area (Å²) in [7, 11) is 0. The van der Waals surface area contributed by atoms with Gasteiger partial charge in [-0.05, 0) is 133 Å². The van der Waals surface area contributed by atoms with Gasteiger partial charge in [-0.3, -0.25) is 9.80 Å². The molecule has 48 heavy (non-hydrogen) atoms. The fourth-order valence-corrected chi connectivity index (χ4v) is 9.48. The van der Waals surface area contributed by atoms with Gasteiger partial charge in [0.25, 0.3) is 0 Å². The molecule has 0 N–H and O–H groups in total. The van der Waals surface area contributed by atoms with Crippen molar-refractivity contribution >= 4 is 0 Å². The molecule has 2 heterocycles. The number of rotatable bonds is 25. The van der Waals surface area contributed by atoms with Gasteiger partial charge in [-0.1, -0.05) is 104 Å². The van der Waals surface area contributed by atoms with E-state index < -0.39 is 0 Å². The van der Waals surface area contributed by atoms with E-state index in [2.05, 4.69) is 79.0 Å². The number of hydrogen-bond acceptors (Lipinski definition) is 4. The Morgan fingerprint density at radius 2 is 0.729 bits per heavy atom. The number of hydrogen-bond donors (Lipinski definition) is 0. The quantitative estimate of drug-likeness (QED) is 0.0899. The second kappa shape index (κ2) is 22.7. The van der Waals surface area contributed by atoms with Gasteiger partial charge < -0.3 is 9.47 Å². The van der Waals surface area contributed by atoms with Crippen LogP contribution in [0.4, 0.5) is 0 Å². The third-order valence-electron chi connectivity index (χ3n) is 12.2. The normalized spacial score (nSPS) is 24.4. The fraction of sp³-hybridized carbons (Fsp3) is 1.00. The van der Waals surface area contributed by atoms with E-state index in [0.29, 0.717) is 12.2 Å². The fourth-order valence-electron chi connectivity index (χ4n) is 9.48. The second-order valence-electron chi connectivity index (χ2n) is 18.7. The molecule has 2 saturated heterocycles. The second-order valence-corrected chi connectivity index (χ2v) is 18.7. The highest BCUT2D eigenvalue weighted by molar-refractivity contribution is 4.98. The highest BCUT2D eigenvalue weighted by atomic mass is 16.5. The molecule has 286 valence electrons. The number of nitrogens with zero attached hydrogens (tertiary/aromatic N) is 2. The summed E-state index contributed by atoms with van der Waals surface area (Å²) < 4.78 is 13.1. The van der Waals surface area contributed by atoms with Crippen LogP contribution in [0.2, 0.25) is 0 Å². The van der Waals surface area contributed by atoms with Crippen molar-refractivity contribution in [3.05, 3.63) is 0 Å². The molecular formula is C44H88N2O2. The molecule has 2 fully saturated rings. The lowest BCUT2D eigenvalue weighted by molar-refractivity contribution is -0.00827. The Labute approximate surface area is 302 Å². The van der Waals surface area contributed by atoms with E-state index in [4.69, 9.17) is 9.47 Å². The van der Waals surface area contributed by atoms with E-state index in [0.717, 1.165) is 13.2 Å². The highest BCUT2D eigenvalue weighted by Gasteiger charge is 2.43. The maximum atomic E-state index is 6.56. The van der Waals surface area contributed by atoms with E-state index >= 15 is 0 Å². The maximum Gasteiger partial charge on any atom is 0.0593 e. The first-order valence-corrected chi connectivity index (χ1v) is 21.5. The van der Waals surface area contributed by atoms with Crippen LogP contribution < -0.4 is 0 Å². The summed E-state index contributed by atoms with van der Waals surface area (Å²) in [6.45, 7) is 28.7. The topological polar surface area (TPSA) is 24.9 Å². The number of likely N-dealkylation sites (tertiary alicyclic amines) is 2. The molecule has 0 amide bonds. The van der Waals surface area contributed by atoms with Gasteiger partial charge in [-0.25, -0.2) is 0 Å². The molecule has 2 rings (SSSR count). The Bertz CT molecular complexity index is 740. The van der Waals surface area contributed by atoms with E-state index in [1.165, 1.54) is 167 Å². The molecule has 2 atom stereocenters. The minimum absolute atomic E-state index is 0.200. The van der Waals surface area contributed by atoms with Crippen LogP contribution in [0.25, 0.3) is 0 Å². The third-order valence-corrected chi connectivity index (χ3v) is 12.2. The lowest BCUT2D eigenvalue weighted by atomic mass is 9.91. The molecular weight excluding hydrogens is 588 g/mol. The molecule has 0 aromatic carbocycles. The van der Waals surface area contributed by atoms with Gasteiger partial charge in [-0.15, -0.1) is 0 Å². The van der Waals surface area contributed by atoms with E-state index in [9.17, 15) is 0 Å². The van der Waals surface area contributed by atoms with Crippen LogP contribution in [0.3, 0.4) is 0 Å². The van der Waals surface area contributed by atoms with Gasteiger partial charge in [-0.2, -0.15) is 0 Å². The molecule has 2 unspecified atom stereocenters. The van der Waals surface area contributed by atoms with Crippen LogP contribution in [0, 0.1) is 0 Å². The monoisotopic (exact) mass is 677 g/mol. The van der Waals surface area contributed by atoms with Crippen LogP contribution in [0.5, 0.6) is 0 Å². The van der Waals surface area contributed by atoms with Crippen molar-refractivity contribution in [2.75, 3.05) is 26.3 Å². The van der Waals surface area contributed by atoms with Gasteiger partial charge in [0, 0.05) is 35.4 Å². The number of ether oxygens (including phenoxy) is 2. The van der Waals surface area contributed by atoms with Crippen LogP contribution in [-0.2, 0) is 9.47 Å². The number of unbranched alkanes of at least 4 members (excludes halogenated alkanes) is 15. The SMILES string of the molecule is CCCCCCCCN1C(C)(C)CCC(OCCCCCCCCOC2CCC(C)(C)N(CCCCCCCC)C(C)(C)C2)CC1(C)C. The minimum Gasteiger partial charge on any atom is -0.378 e. The summed E-state index contributed by atoms with van der Waals surface area (Å²) in [5.74, 6) is 0. The van der Waals surface area contributed by atoms with Gasteiger partial charge in [0.1, 0.15) is 0 Å². The zero-order valence-corrected chi connectivity index (χ0v) is 34.7. The average Bonchev–Trinajstić information content (AvgIpc) is 3.15. The zero-order valence-electron chi connectivity index (χ0n) is 34.7. The third kappa shape index (κ3) is 16.5. The minimum atomic E-state index is 0.200. The van der Waals surface area contributed by atoms with Crippen molar-refractivity contribution in [2.24, 2.45) is 0 Å². The molecule has 0 bridgehead atoms.